The van der Waals surface area contributed by atoms with Gasteiger partial charge in [-0.25, -0.2) is 4.39 Å². The molecule has 3 rings (SSSR count). The molecular formula is C23H30FN3O. The lowest BCUT2D eigenvalue weighted by atomic mass is 9.77. The van der Waals surface area contributed by atoms with Gasteiger partial charge >= 0.3 is 0 Å². The smallest absolute Gasteiger partial charge is 0.224 e. The molecule has 1 saturated carbocycles. The monoisotopic (exact) mass is 383 g/mol. The zero-order chi connectivity index (χ0) is 19.9. The van der Waals surface area contributed by atoms with Crippen molar-refractivity contribution in [3.05, 3.63) is 65.7 Å². The Morgan fingerprint density at radius 2 is 1.86 bits per heavy atom. The number of rotatable bonds is 7. The van der Waals surface area contributed by atoms with Crippen LogP contribution in [0.2, 0.25) is 0 Å². The maximum atomic E-state index is 13.7. The van der Waals surface area contributed by atoms with Gasteiger partial charge in [0.05, 0.1) is 18.2 Å². The molecular weight excluding hydrogens is 353 g/mol. The number of pyridine rings is 1. The topological polar surface area (TPSA) is 45.2 Å². The molecule has 1 aromatic carbocycles. The Bertz CT molecular complexity index is 757. The number of carbonyl (C=O) groups excluding carboxylic acids is 1. The molecule has 1 heterocycles. The molecule has 1 N–H and O–H groups in total. The second kappa shape index (κ2) is 9.78. The zero-order valence-corrected chi connectivity index (χ0v) is 16.8. The molecule has 0 aliphatic heterocycles. The molecule has 1 aliphatic carbocycles. The second-order valence-electron chi connectivity index (χ2n) is 8.02. The molecule has 0 unspecified atom stereocenters. The number of aromatic nitrogens is 1. The van der Waals surface area contributed by atoms with Crippen LogP contribution in [0, 0.1) is 17.7 Å². The molecule has 0 spiro atoms. The molecule has 4 nitrogen and oxygen atoms in total. The van der Waals surface area contributed by atoms with Crippen molar-refractivity contribution in [1.29, 1.82) is 0 Å². The molecule has 28 heavy (non-hydrogen) atoms. The fourth-order valence-electron chi connectivity index (χ4n) is 4.32. The fraction of sp³-hybridized carbons (Fsp3) is 0.478. The molecule has 1 aliphatic rings. The lowest BCUT2D eigenvalue weighted by molar-refractivity contribution is -0.120. The highest BCUT2D eigenvalue weighted by molar-refractivity contribution is 5.78. The molecule has 0 saturated heterocycles. The van der Waals surface area contributed by atoms with Crippen LogP contribution in [0.4, 0.5) is 4.39 Å². The van der Waals surface area contributed by atoms with Crippen LogP contribution in [0.1, 0.15) is 43.0 Å². The number of benzene rings is 1. The van der Waals surface area contributed by atoms with Crippen molar-refractivity contribution in [2.45, 2.75) is 38.1 Å². The van der Waals surface area contributed by atoms with E-state index in [1.165, 1.54) is 6.07 Å². The summed E-state index contributed by atoms with van der Waals surface area (Å²) in [7, 11) is 4.24. The minimum atomic E-state index is -0.317. The maximum absolute atomic E-state index is 13.7. The Hall–Kier alpha value is -2.27. The second-order valence-corrected chi connectivity index (χ2v) is 8.02. The van der Waals surface area contributed by atoms with E-state index in [-0.39, 0.29) is 18.1 Å². The van der Waals surface area contributed by atoms with Crippen molar-refractivity contribution in [3.8, 4) is 0 Å². The average Bonchev–Trinajstić information content (AvgIpc) is 2.70. The van der Waals surface area contributed by atoms with Crippen molar-refractivity contribution in [2.75, 3.05) is 20.6 Å². The van der Waals surface area contributed by atoms with Gasteiger partial charge in [0.1, 0.15) is 5.82 Å². The van der Waals surface area contributed by atoms with E-state index in [1.54, 1.807) is 18.2 Å². The van der Waals surface area contributed by atoms with Crippen molar-refractivity contribution in [1.82, 2.24) is 15.2 Å². The molecule has 0 radical (unpaired) electrons. The molecule has 5 heteroatoms. The SMILES string of the molecule is CN(C)[C@H](c1ccccn1)C1CCC(CNC(=O)Cc2ccccc2F)CC1. The van der Waals surface area contributed by atoms with E-state index >= 15 is 0 Å². The number of hydrogen-bond acceptors (Lipinski definition) is 3. The molecule has 2 aromatic rings. The molecule has 1 aromatic heterocycles. The Morgan fingerprint density at radius 1 is 1.14 bits per heavy atom. The van der Waals surface area contributed by atoms with Gasteiger partial charge in [0.2, 0.25) is 5.91 Å². The molecule has 1 atom stereocenters. The highest BCUT2D eigenvalue weighted by Crippen LogP contribution is 2.38. The molecule has 1 fully saturated rings. The minimum Gasteiger partial charge on any atom is -0.356 e. The Balaban J connectivity index is 1.47. The van der Waals surface area contributed by atoms with Crippen molar-refractivity contribution in [3.63, 3.8) is 0 Å². The first-order chi connectivity index (χ1) is 13.5. The van der Waals surface area contributed by atoms with E-state index in [0.29, 0.717) is 30.0 Å². The third kappa shape index (κ3) is 5.38. The zero-order valence-electron chi connectivity index (χ0n) is 16.8. The first-order valence-electron chi connectivity index (χ1n) is 10.1. The van der Waals surface area contributed by atoms with Gasteiger partial charge in [-0.2, -0.15) is 0 Å². The maximum Gasteiger partial charge on any atom is 0.224 e. The first kappa shape index (κ1) is 20.5. The van der Waals surface area contributed by atoms with Crippen molar-refractivity contribution in [2.24, 2.45) is 11.8 Å². The number of nitrogens with one attached hydrogen (secondary N) is 1. The average molecular weight is 384 g/mol. The predicted octanol–water partition coefficient (Wildman–Crippen LogP) is 3.99. The van der Waals surface area contributed by atoms with Crippen LogP contribution in [0.5, 0.6) is 0 Å². The lowest BCUT2D eigenvalue weighted by Gasteiger charge is -2.37. The normalized spacial score (nSPS) is 20.7. The van der Waals surface area contributed by atoms with Crippen LogP contribution in [0.25, 0.3) is 0 Å². The number of amides is 1. The van der Waals surface area contributed by atoms with Crippen LogP contribution in [-0.2, 0) is 11.2 Å². The van der Waals surface area contributed by atoms with E-state index in [9.17, 15) is 9.18 Å². The Morgan fingerprint density at radius 3 is 2.50 bits per heavy atom. The number of halogens is 1. The summed E-state index contributed by atoms with van der Waals surface area (Å²) in [4.78, 5) is 19.0. The van der Waals surface area contributed by atoms with Crippen LogP contribution in [0.15, 0.2) is 48.7 Å². The van der Waals surface area contributed by atoms with Gasteiger partial charge in [-0.05, 0) is 75.4 Å². The summed E-state index contributed by atoms with van der Waals surface area (Å²) in [6, 6.07) is 12.9. The molecule has 1 amide bonds. The third-order valence-electron chi connectivity index (χ3n) is 5.78. The quantitative estimate of drug-likeness (QED) is 0.786. The summed E-state index contributed by atoms with van der Waals surface area (Å²) in [5.41, 5.74) is 1.59. The van der Waals surface area contributed by atoms with Crippen LogP contribution in [-0.4, -0.2) is 36.4 Å². The van der Waals surface area contributed by atoms with Gasteiger partial charge in [0.25, 0.3) is 0 Å². The summed E-state index contributed by atoms with van der Waals surface area (Å²) in [6.45, 7) is 0.677. The van der Waals surface area contributed by atoms with E-state index < -0.39 is 0 Å². The van der Waals surface area contributed by atoms with Gasteiger partial charge < -0.3 is 10.2 Å². The highest BCUT2D eigenvalue weighted by Gasteiger charge is 2.30. The molecule has 0 bridgehead atoms. The summed E-state index contributed by atoms with van der Waals surface area (Å²) in [5.74, 6) is 0.650. The lowest BCUT2D eigenvalue weighted by Crippen LogP contribution is -2.35. The summed E-state index contributed by atoms with van der Waals surface area (Å²) < 4.78 is 13.7. The van der Waals surface area contributed by atoms with Crippen LogP contribution >= 0.6 is 0 Å². The summed E-state index contributed by atoms with van der Waals surface area (Å²) in [6.07, 6.45) is 6.43. The van der Waals surface area contributed by atoms with E-state index in [0.717, 1.165) is 31.4 Å². The van der Waals surface area contributed by atoms with Gasteiger partial charge in [-0.1, -0.05) is 24.3 Å². The van der Waals surface area contributed by atoms with Gasteiger partial charge in [0.15, 0.2) is 0 Å². The summed E-state index contributed by atoms with van der Waals surface area (Å²) >= 11 is 0. The molecule has 150 valence electrons. The minimum absolute atomic E-state index is 0.102. The highest BCUT2D eigenvalue weighted by atomic mass is 19.1. The third-order valence-corrected chi connectivity index (χ3v) is 5.78. The number of carbonyl (C=O) groups is 1. The largest absolute Gasteiger partial charge is 0.356 e. The predicted molar refractivity (Wildman–Crippen MR) is 109 cm³/mol. The van der Waals surface area contributed by atoms with Crippen molar-refractivity contribution < 1.29 is 9.18 Å². The number of hydrogen-bond donors (Lipinski definition) is 1. The standard InChI is InChI=1S/C23H30FN3O/c1-27(2)23(21-9-5-6-14-25-21)18-12-10-17(11-13-18)16-26-22(28)15-19-7-3-4-8-20(19)24/h3-9,14,17-18,23H,10-13,15-16H2,1-2H3,(H,26,28)/t17?,18?,23-/m0/s1. The van der Waals surface area contributed by atoms with Gasteiger partial charge in [-0.3, -0.25) is 9.78 Å². The Labute approximate surface area is 167 Å². The van der Waals surface area contributed by atoms with E-state index in [2.05, 4.69) is 41.4 Å². The van der Waals surface area contributed by atoms with E-state index in [4.69, 9.17) is 0 Å². The first-order valence-corrected chi connectivity index (χ1v) is 10.1. The van der Waals surface area contributed by atoms with Crippen LogP contribution in [0.3, 0.4) is 0 Å². The fourth-order valence-corrected chi connectivity index (χ4v) is 4.32. The summed E-state index contributed by atoms with van der Waals surface area (Å²) in [5, 5.41) is 3.00. The van der Waals surface area contributed by atoms with Gasteiger partial charge in [0, 0.05) is 12.7 Å². The van der Waals surface area contributed by atoms with Gasteiger partial charge in [-0.15, -0.1) is 0 Å². The number of nitrogens with zero attached hydrogens (tertiary/aromatic N) is 2. The van der Waals surface area contributed by atoms with Crippen LogP contribution < -0.4 is 5.32 Å². The Kier molecular flexibility index (Phi) is 7.15. The van der Waals surface area contributed by atoms with E-state index in [1.807, 2.05) is 12.3 Å². The van der Waals surface area contributed by atoms with Crippen molar-refractivity contribution >= 4 is 5.91 Å².